The van der Waals surface area contributed by atoms with Gasteiger partial charge in [0.2, 0.25) is 0 Å². The molecular weight excluding hydrogens is 220 g/mol. The zero-order chi connectivity index (χ0) is 11.6. The molecule has 0 saturated heterocycles. The molecule has 4 heteroatoms. The molecule has 0 spiro atoms. The van der Waals surface area contributed by atoms with Gasteiger partial charge < -0.3 is 9.73 Å². The standard InChI is InChI=1S/C12H20N2OS/c1-4-13-10-9(5-6-12(10,2)3)16-11-14-7-8-15-11/h7-10,13H,4-6H2,1-3H3. The SMILES string of the molecule is CCNC1C(Sc2ncco2)CCC1(C)C. The van der Waals surface area contributed by atoms with Gasteiger partial charge in [0.05, 0.1) is 6.20 Å². The Morgan fingerprint density at radius 1 is 1.62 bits per heavy atom. The quantitative estimate of drug-likeness (QED) is 0.878. The third-order valence-electron chi connectivity index (χ3n) is 3.37. The van der Waals surface area contributed by atoms with Crippen LogP contribution in [0.2, 0.25) is 0 Å². The Morgan fingerprint density at radius 3 is 3.06 bits per heavy atom. The van der Waals surface area contributed by atoms with Crippen molar-refractivity contribution in [3.63, 3.8) is 0 Å². The maximum atomic E-state index is 5.31. The molecule has 1 fully saturated rings. The molecule has 1 saturated carbocycles. The van der Waals surface area contributed by atoms with Crippen LogP contribution in [0.5, 0.6) is 0 Å². The lowest BCUT2D eigenvalue weighted by atomic mass is 9.87. The molecule has 1 aromatic heterocycles. The summed E-state index contributed by atoms with van der Waals surface area (Å²) in [4.78, 5) is 4.19. The summed E-state index contributed by atoms with van der Waals surface area (Å²) < 4.78 is 5.31. The first-order chi connectivity index (χ1) is 7.63. The van der Waals surface area contributed by atoms with Crippen LogP contribution < -0.4 is 5.32 Å². The topological polar surface area (TPSA) is 38.1 Å². The van der Waals surface area contributed by atoms with Gasteiger partial charge in [0.25, 0.3) is 5.22 Å². The van der Waals surface area contributed by atoms with Gasteiger partial charge in [0, 0.05) is 11.3 Å². The van der Waals surface area contributed by atoms with E-state index < -0.39 is 0 Å². The maximum Gasteiger partial charge on any atom is 0.255 e. The van der Waals surface area contributed by atoms with Gasteiger partial charge in [-0.25, -0.2) is 4.98 Å². The lowest BCUT2D eigenvalue weighted by molar-refractivity contribution is 0.290. The van der Waals surface area contributed by atoms with Crippen molar-refractivity contribution < 1.29 is 4.42 Å². The van der Waals surface area contributed by atoms with Gasteiger partial charge in [-0.2, -0.15) is 0 Å². The van der Waals surface area contributed by atoms with Crippen molar-refractivity contribution in [3.05, 3.63) is 12.5 Å². The van der Waals surface area contributed by atoms with Crippen LogP contribution in [0.25, 0.3) is 0 Å². The Morgan fingerprint density at radius 2 is 2.44 bits per heavy atom. The highest BCUT2D eigenvalue weighted by atomic mass is 32.2. The van der Waals surface area contributed by atoms with E-state index >= 15 is 0 Å². The molecular formula is C12H20N2OS. The van der Waals surface area contributed by atoms with Gasteiger partial charge in [-0.05, 0) is 24.8 Å². The second kappa shape index (κ2) is 4.80. The van der Waals surface area contributed by atoms with E-state index in [4.69, 9.17) is 4.42 Å². The Labute approximate surface area is 101 Å². The van der Waals surface area contributed by atoms with Crippen LogP contribution in [0.1, 0.15) is 33.6 Å². The van der Waals surface area contributed by atoms with Crippen molar-refractivity contribution in [2.75, 3.05) is 6.54 Å². The van der Waals surface area contributed by atoms with E-state index in [0.717, 1.165) is 11.8 Å². The number of thioether (sulfide) groups is 1. The monoisotopic (exact) mass is 240 g/mol. The highest BCUT2D eigenvalue weighted by Gasteiger charge is 2.42. The van der Waals surface area contributed by atoms with Gasteiger partial charge in [-0.3, -0.25) is 0 Å². The van der Waals surface area contributed by atoms with E-state index in [1.165, 1.54) is 12.8 Å². The van der Waals surface area contributed by atoms with E-state index in [9.17, 15) is 0 Å². The van der Waals surface area contributed by atoms with Crippen LogP contribution in [0.4, 0.5) is 0 Å². The largest absolute Gasteiger partial charge is 0.440 e. The fourth-order valence-electron chi connectivity index (χ4n) is 2.49. The molecule has 16 heavy (non-hydrogen) atoms. The third-order valence-corrected chi connectivity index (χ3v) is 4.59. The summed E-state index contributed by atoms with van der Waals surface area (Å²) in [6, 6.07) is 0.550. The fourth-order valence-corrected chi connectivity index (χ4v) is 3.82. The molecule has 0 amide bonds. The van der Waals surface area contributed by atoms with E-state index in [1.54, 1.807) is 24.2 Å². The van der Waals surface area contributed by atoms with Gasteiger partial charge >= 0.3 is 0 Å². The molecule has 0 aromatic carbocycles. The first-order valence-corrected chi connectivity index (χ1v) is 6.81. The minimum atomic E-state index is 0.375. The zero-order valence-corrected chi connectivity index (χ0v) is 11.0. The first kappa shape index (κ1) is 12.0. The minimum absolute atomic E-state index is 0.375. The summed E-state index contributed by atoms with van der Waals surface area (Å²) in [5.41, 5.74) is 0.375. The van der Waals surface area contributed by atoms with Crippen molar-refractivity contribution >= 4 is 11.8 Å². The maximum absolute atomic E-state index is 5.31. The van der Waals surface area contributed by atoms with Gasteiger partial charge in [0.15, 0.2) is 0 Å². The molecule has 2 unspecified atom stereocenters. The number of hydrogen-bond acceptors (Lipinski definition) is 4. The van der Waals surface area contributed by atoms with E-state index in [1.807, 2.05) is 0 Å². The van der Waals surface area contributed by atoms with Crippen LogP contribution in [0.3, 0.4) is 0 Å². The molecule has 2 atom stereocenters. The molecule has 3 nitrogen and oxygen atoms in total. The highest BCUT2D eigenvalue weighted by molar-refractivity contribution is 7.99. The number of oxazole rings is 1. The molecule has 1 aliphatic rings. The van der Waals surface area contributed by atoms with Crippen molar-refractivity contribution in [2.45, 2.75) is 50.1 Å². The number of nitrogens with zero attached hydrogens (tertiary/aromatic N) is 1. The average Bonchev–Trinajstić information content (AvgIpc) is 2.81. The molecule has 1 heterocycles. The predicted octanol–water partition coefficient (Wildman–Crippen LogP) is 2.93. The minimum Gasteiger partial charge on any atom is -0.440 e. The first-order valence-electron chi connectivity index (χ1n) is 5.93. The van der Waals surface area contributed by atoms with Crippen molar-refractivity contribution in [1.29, 1.82) is 0 Å². The molecule has 0 radical (unpaired) electrons. The number of nitrogens with one attached hydrogen (secondary N) is 1. The number of hydrogen-bond donors (Lipinski definition) is 1. The predicted molar refractivity (Wildman–Crippen MR) is 66.6 cm³/mol. The summed E-state index contributed by atoms with van der Waals surface area (Å²) in [5.74, 6) is 0. The van der Waals surface area contributed by atoms with Crippen molar-refractivity contribution in [3.8, 4) is 0 Å². The Kier molecular flexibility index (Phi) is 3.60. The van der Waals surface area contributed by atoms with E-state index in [0.29, 0.717) is 16.7 Å². The summed E-state index contributed by atoms with van der Waals surface area (Å²) in [6.45, 7) is 7.88. The fraction of sp³-hybridized carbons (Fsp3) is 0.750. The third kappa shape index (κ3) is 2.43. The van der Waals surface area contributed by atoms with Crippen molar-refractivity contribution in [2.24, 2.45) is 5.41 Å². The Bertz CT molecular complexity index is 324. The highest BCUT2D eigenvalue weighted by Crippen LogP contribution is 2.44. The summed E-state index contributed by atoms with van der Waals surface area (Å²) in [7, 11) is 0. The molecule has 1 aliphatic carbocycles. The molecule has 1 N–H and O–H groups in total. The van der Waals surface area contributed by atoms with E-state index in [2.05, 4.69) is 31.1 Å². The van der Waals surface area contributed by atoms with Crippen LogP contribution >= 0.6 is 11.8 Å². The van der Waals surface area contributed by atoms with Crippen molar-refractivity contribution in [1.82, 2.24) is 10.3 Å². The Balaban J connectivity index is 2.04. The second-order valence-corrected chi connectivity index (χ2v) is 6.21. The summed E-state index contributed by atoms with van der Waals surface area (Å²) in [6.07, 6.45) is 5.86. The normalized spacial score (nSPS) is 28.4. The molecule has 90 valence electrons. The smallest absolute Gasteiger partial charge is 0.255 e. The lowest BCUT2D eigenvalue weighted by Crippen LogP contribution is -2.43. The van der Waals surface area contributed by atoms with Crippen LogP contribution in [0, 0.1) is 5.41 Å². The summed E-state index contributed by atoms with van der Waals surface area (Å²) in [5, 5.41) is 4.98. The summed E-state index contributed by atoms with van der Waals surface area (Å²) >= 11 is 1.77. The van der Waals surface area contributed by atoms with E-state index in [-0.39, 0.29) is 0 Å². The molecule has 0 aliphatic heterocycles. The van der Waals surface area contributed by atoms with Gasteiger partial charge in [0.1, 0.15) is 6.26 Å². The van der Waals surface area contributed by atoms with Gasteiger partial charge in [-0.15, -0.1) is 0 Å². The Hall–Kier alpha value is -0.480. The molecule has 0 bridgehead atoms. The number of rotatable bonds is 4. The molecule has 2 rings (SSSR count). The van der Waals surface area contributed by atoms with Crippen LogP contribution in [-0.4, -0.2) is 22.8 Å². The lowest BCUT2D eigenvalue weighted by Gasteiger charge is -2.30. The number of aromatic nitrogens is 1. The van der Waals surface area contributed by atoms with Gasteiger partial charge in [-0.1, -0.05) is 32.5 Å². The average molecular weight is 240 g/mol. The zero-order valence-electron chi connectivity index (χ0n) is 10.2. The second-order valence-electron chi connectivity index (χ2n) is 5.02. The molecule has 1 aromatic rings. The van der Waals surface area contributed by atoms with Crippen LogP contribution in [0.15, 0.2) is 22.1 Å². The van der Waals surface area contributed by atoms with Crippen LogP contribution in [-0.2, 0) is 0 Å².